The molecule has 0 spiro atoms. The van der Waals surface area contributed by atoms with E-state index in [1.807, 2.05) is 26.0 Å². The highest BCUT2D eigenvalue weighted by Gasteiger charge is 2.23. The number of nitrogens with zero attached hydrogens (tertiary/aromatic N) is 3. The Labute approximate surface area is 208 Å². The first-order valence-corrected chi connectivity index (χ1v) is 11.2. The Morgan fingerprint density at radius 2 is 1.88 bits per heavy atom. The number of carbonyl (C=O) groups excluding carboxylic acids is 1. The third-order valence-corrected chi connectivity index (χ3v) is 5.36. The highest BCUT2D eigenvalue weighted by molar-refractivity contribution is 14.0. The van der Waals surface area contributed by atoms with Crippen LogP contribution in [0.15, 0.2) is 53.7 Å². The second-order valence-electron chi connectivity index (χ2n) is 7.83. The largest absolute Gasteiger partial charge is 0.357 e. The molecule has 8 heteroatoms. The van der Waals surface area contributed by atoms with Gasteiger partial charge in [-0.1, -0.05) is 36.4 Å². The molecule has 0 saturated carbocycles. The maximum atomic E-state index is 12.2. The fraction of sp³-hybridized carbons (Fsp3) is 0.458. The minimum Gasteiger partial charge on any atom is -0.357 e. The van der Waals surface area contributed by atoms with Crippen LogP contribution in [0.1, 0.15) is 43.4 Å². The molecule has 1 aliphatic heterocycles. The van der Waals surface area contributed by atoms with Crippen molar-refractivity contribution in [1.29, 1.82) is 0 Å². The minimum absolute atomic E-state index is 0. The van der Waals surface area contributed by atoms with Crippen LogP contribution in [0.5, 0.6) is 0 Å². The highest BCUT2D eigenvalue weighted by Crippen LogP contribution is 2.25. The number of likely N-dealkylation sites (tertiary alicyclic amines) is 1. The topological polar surface area (TPSA) is 81.7 Å². The number of pyridine rings is 1. The SMILES string of the molecule is CCNC(=NCC(c1ccccc1)N1CCCC1)NCCC(=O)Nc1ccc(C)cn1.I. The molecule has 1 fully saturated rings. The quantitative estimate of drug-likeness (QED) is 0.252. The summed E-state index contributed by atoms with van der Waals surface area (Å²) in [5.41, 5.74) is 2.36. The van der Waals surface area contributed by atoms with Crippen LogP contribution in [0, 0.1) is 6.92 Å². The van der Waals surface area contributed by atoms with Gasteiger partial charge in [0.25, 0.3) is 0 Å². The number of nitrogens with one attached hydrogen (secondary N) is 3. The molecular formula is C24H35IN6O. The zero-order chi connectivity index (χ0) is 21.9. The second-order valence-corrected chi connectivity index (χ2v) is 7.83. The van der Waals surface area contributed by atoms with Crippen molar-refractivity contribution >= 4 is 41.7 Å². The predicted octanol–water partition coefficient (Wildman–Crippen LogP) is 3.73. The summed E-state index contributed by atoms with van der Waals surface area (Å²) in [5, 5.41) is 9.40. The van der Waals surface area contributed by atoms with Crippen LogP contribution in [0.2, 0.25) is 0 Å². The zero-order valence-electron chi connectivity index (χ0n) is 19.0. The second kappa shape index (κ2) is 14.1. The van der Waals surface area contributed by atoms with E-state index in [9.17, 15) is 4.79 Å². The summed E-state index contributed by atoms with van der Waals surface area (Å²) in [7, 11) is 0. The molecule has 2 aromatic rings. The number of amides is 1. The molecule has 1 amide bonds. The average Bonchev–Trinajstić information content (AvgIpc) is 3.31. The van der Waals surface area contributed by atoms with Crippen LogP contribution >= 0.6 is 24.0 Å². The van der Waals surface area contributed by atoms with Gasteiger partial charge in [0.15, 0.2) is 5.96 Å². The number of carbonyl (C=O) groups is 1. The molecule has 1 saturated heterocycles. The molecule has 32 heavy (non-hydrogen) atoms. The van der Waals surface area contributed by atoms with Gasteiger partial charge < -0.3 is 16.0 Å². The predicted molar refractivity (Wildman–Crippen MR) is 142 cm³/mol. The van der Waals surface area contributed by atoms with E-state index in [2.05, 4.69) is 56.2 Å². The molecule has 1 aromatic carbocycles. The van der Waals surface area contributed by atoms with Crippen molar-refractivity contribution in [2.45, 2.75) is 39.2 Å². The molecule has 0 bridgehead atoms. The number of aryl methyl sites for hydroxylation is 1. The summed E-state index contributed by atoms with van der Waals surface area (Å²) in [6.07, 6.45) is 4.58. The molecule has 3 rings (SSSR count). The van der Waals surface area contributed by atoms with Gasteiger partial charge in [0.1, 0.15) is 5.82 Å². The van der Waals surface area contributed by atoms with E-state index in [1.165, 1.54) is 18.4 Å². The summed E-state index contributed by atoms with van der Waals surface area (Å²) in [6, 6.07) is 14.6. The lowest BCUT2D eigenvalue weighted by molar-refractivity contribution is -0.116. The van der Waals surface area contributed by atoms with E-state index in [-0.39, 0.29) is 35.9 Å². The lowest BCUT2D eigenvalue weighted by Crippen LogP contribution is -2.39. The molecular weight excluding hydrogens is 515 g/mol. The first-order chi connectivity index (χ1) is 15.2. The summed E-state index contributed by atoms with van der Waals surface area (Å²) in [4.78, 5) is 23.8. The smallest absolute Gasteiger partial charge is 0.227 e. The number of guanidine groups is 1. The van der Waals surface area contributed by atoms with Crippen LogP contribution in [0.25, 0.3) is 0 Å². The van der Waals surface area contributed by atoms with Gasteiger partial charge in [0.05, 0.1) is 12.6 Å². The van der Waals surface area contributed by atoms with Crippen molar-refractivity contribution in [1.82, 2.24) is 20.5 Å². The number of rotatable bonds is 9. The molecule has 2 heterocycles. The van der Waals surface area contributed by atoms with E-state index in [4.69, 9.17) is 4.99 Å². The van der Waals surface area contributed by atoms with Crippen LogP contribution in [-0.2, 0) is 4.79 Å². The van der Waals surface area contributed by atoms with Gasteiger partial charge in [-0.05, 0) is 57.0 Å². The Bertz CT molecular complexity index is 837. The lowest BCUT2D eigenvalue weighted by Gasteiger charge is -2.27. The minimum atomic E-state index is -0.0704. The van der Waals surface area contributed by atoms with Crippen molar-refractivity contribution in [2.75, 3.05) is 38.0 Å². The van der Waals surface area contributed by atoms with E-state index >= 15 is 0 Å². The van der Waals surface area contributed by atoms with Crippen molar-refractivity contribution in [3.8, 4) is 0 Å². The number of hydrogen-bond acceptors (Lipinski definition) is 4. The van der Waals surface area contributed by atoms with E-state index < -0.39 is 0 Å². The van der Waals surface area contributed by atoms with Gasteiger partial charge in [0.2, 0.25) is 5.91 Å². The third-order valence-electron chi connectivity index (χ3n) is 5.36. The fourth-order valence-electron chi connectivity index (χ4n) is 3.72. The van der Waals surface area contributed by atoms with Crippen molar-refractivity contribution < 1.29 is 4.79 Å². The number of aromatic nitrogens is 1. The normalized spacial score (nSPS) is 15.0. The molecule has 174 valence electrons. The molecule has 7 nitrogen and oxygen atoms in total. The Morgan fingerprint density at radius 3 is 2.53 bits per heavy atom. The highest BCUT2D eigenvalue weighted by atomic mass is 127. The van der Waals surface area contributed by atoms with Crippen LogP contribution in [0.3, 0.4) is 0 Å². The van der Waals surface area contributed by atoms with Crippen molar-refractivity contribution in [2.24, 2.45) is 4.99 Å². The Morgan fingerprint density at radius 1 is 1.12 bits per heavy atom. The summed E-state index contributed by atoms with van der Waals surface area (Å²) >= 11 is 0. The van der Waals surface area contributed by atoms with Crippen molar-refractivity contribution in [3.63, 3.8) is 0 Å². The molecule has 1 aromatic heterocycles. The maximum absolute atomic E-state index is 12.2. The summed E-state index contributed by atoms with van der Waals surface area (Å²) in [6.45, 7) is 8.20. The van der Waals surface area contributed by atoms with Gasteiger partial charge in [-0.25, -0.2) is 4.98 Å². The summed E-state index contributed by atoms with van der Waals surface area (Å²) < 4.78 is 0. The Hall–Kier alpha value is -2.20. The molecule has 1 aliphatic rings. The van der Waals surface area contributed by atoms with E-state index in [0.29, 0.717) is 25.3 Å². The Balaban J connectivity index is 0.00000363. The molecule has 3 N–H and O–H groups in total. The molecule has 1 atom stereocenters. The number of aliphatic imine (C=N–C) groups is 1. The fourth-order valence-corrected chi connectivity index (χ4v) is 3.72. The Kier molecular flexibility index (Phi) is 11.4. The number of benzene rings is 1. The number of halogens is 1. The van der Waals surface area contributed by atoms with Crippen molar-refractivity contribution in [3.05, 3.63) is 59.8 Å². The lowest BCUT2D eigenvalue weighted by atomic mass is 10.1. The monoisotopic (exact) mass is 550 g/mol. The summed E-state index contributed by atoms with van der Waals surface area (Å²) in [5.74, 6) is 1.25. The van der Waals surface area contributed by atoms with Gasteiger partial charge in [-0.15, -0.1) is 24.0 Å². The van der Waals surface area contributed by atoms with Gasteiger partial charge >= 0.3 is 0 Å². The maximum Gasteiger partial charge on any atom is 0.227 e. The van der Waals surface area contributed by atoms with Crippen LogP contribution < -0.4 is 16.0 Å². The van der Waals surface area contributed by atoms with Gasteiger partial charge in [-0.2, -0.15) is 0 Å². The zero-order valence-corrected chi connectivity index (χ0v) is 21.3. The van der Waals surface area contributed by atoms with E-state index in [0.717, 1.165) is 31.2 Å². The first-order valence-electron chi connectivity index (χ1n) is 11.2. The number of anilines is 1. The number of hydrogen-bond donors (Lipinski definition) is 3. The van der Waals surface area contributed by atoms with Gasteiger partial charge in [0, 0.05) is 25.7 Å². The standard InChI is InChI=1S/C24H34N6O.HI/c1-3-25-24(26-14-13-23(31)29-22-12-11-19(2)17-27-22)28-18-21(30-15-7-8-16-30)20-9-5-4-6-10-20;/h4-6,9-12,17,21H,3,7-8,13-16,18H2,1-2H3,(H2,25,26,28)(H,27,29,31);1H. The van der Waals surface area contributed by atoms with Crippen LogP contribution in [-0.4, -0.2) is 54.5 Å². The molecule has 0 aliphatic carbocycles. The van der Waals surface area contributed by atoms with Gasteiger partial charge in [-0.3, -0.25) is 14.7 Å². The molecule has 0 radical (unpaired) electrons. The average molecular weight is 550 g/mol. The van der Waals surface area contributed by atoms with Crippen LogP contribution in [0.4, 0.5) is 5.82 Å². The first kappa shape index (κ1) is 26.1. The van der Waals surface area contributed by atoms with E-state index in [1.54, 1.807) is 6.20 Å². The third kappa shape index (κ3) is 8.38. The molecule has 1 unspecified atom stereocenters.